The first-order valence-corrected chi connectivity index (χ1v) is 18.9. The summed E-state index contributed by atoms with van der Waals surface area (Å²) in [5.74, 6) is 0.558. The van der Waals surface area contributed by atoms with E-state index in [9.17, 15) is 30.0 Å². The van der Waals surface area contributed by atoms with E-state index in [0.717, 1.165) is 69.8 Å². The molecule has 0 spiro atoms. The average Bonchev–Trinajstić information content (AvgIpc) is 3.44. The molecule has 0 aromatic heterocycles. The minimum Gasteiger partial charge on any atom is -0.481 e. The van der Waals surface area contributed by atoms with Crippen molar-refractivity contribution in [3.63, 3.8) is 0 Å². The second-order valence-electron chi connectivity index (χ2n) is 18.4. The summed E-state index contributed by atoms with van der Waals surface area (Å²) in [5.41, 5.74) is 0.441. The minimum atomic E-state index is -1.47. The molecular weight excluding hydrogens is 626 g/mol. The molecule has 1 aliphatic heterocycles. The maximum atomic E-state index is 13.5. The van der Waals surface area contributed by atoms with Gasteiger partial charge in [0.05, 0.1) is 18.6 Å². The number of allylic oxidation sites excluding steroid dienone is 1. The highest BCUT2D eigenvalue weighted by molar-refractivity contribution is 5.76. The van der Waals surface area contributed by atoms with Gasteiger partial charge in [-0.1, -0.05) is 46.8 Å². The topological polar surface area (TPSA) is 146 Å². The van der Waals surface area contributed by atoms with E-state index in [-0.39, 0.29) is 46.1 Å². The molecule has 0 amide bonds. The average molecular weight is 690 g/mol. The summed E-state index contributed by atoms with van der Waals surface area (Å²) in [6, 6.07) is 0. The van der Waals surface area contributed by atoms with Crippen molar-refractivity contribution in [2.75, 3.05) is 13.7 Å². The molecule has 10 nitrogen and oxygen atoms in total. The number of nitrogens with zero attached hydrogens (tertiary/aromatic N) is 1. The van der Waals surface area contributed by atoms with Crippen molar-refractivity contribution >= 4 is 11.9 Å². The maximum absolute atomic E-state index is 13.5. The third-order valence-electron chi connectivity index (χ3n) is 16.3. The quantitative estimate of drug-likeness (QED) is 0.157. The van der Waals surface area contributed by atoms with Crippen molar-refractivity contribution in [3.8, 4) is 0 Å². The molecular formula is C39H63NO9. The van der Waals surface area contributed by atoms with Gasteiger partial charge >= 0.3 is 11.9 Å². The molecule has 6 fully saturated rings. The molecule has 1 saturated heterocycles. The minimum absolute atomic E-state index is 0.0511. The number of rotatable bonds is 7. The Morgan fingerprint density at radius 1 is 0.857 bits per heavy atom. The normalized spacial score (nSPS) is 50.4. The van der Waals surface area contributed by atoms with Gasteiger partial charge in [-0.05, 0) is 124 Å². The number of carbonyl (C=O) groups excluding carboxylic acids is 1. The van der Waals surface area contributed by atoms with Crippen LogP contribution in [-0.2, 0) is 23.9 Å². The smallest absolute Gasteiger partial charge is 0.323 e. The molecule has 49 heavy (non-hydrogen) atoms. The van der Waals surface area contributed by atoms with E-state index in [1.165, 1.54) is 12.2 Å². The molecule has 0 aromatic rings. The Bertz CT molecular complexity index is 1320. The van der Waals surface area contributed by atoms with Crippen molar-refractivity contribution in [2.24, 2.45) is 56.7 Å². The summed E-state index contributed by atoms with van der Waals surface area (Å²) in [4.78, 5) is 31.9. The Morgan fingerprint density at radius 3 is 2.18 bits per heavy atom. The first kappa shape index (κ1) is 37.2. The van der Waals surface area contributed by atoms with Crippen LogP contribution in [0.1, 0.15) is 113 Å². The third kappa shape index (κ3) is 5.31. The van der Waals surface area contributed by atoms with Gasteiger partial charge in [0, 0.05) is 5.41 Å². The van der Waals surface area contributed by atoms with Crippen molar-refractivity contribution < 1.29 is 44.3 Å². The highest BCUT2D eigenvalue weighted by Crippen LogP contribution is 2.77. The van der Waals surface area contributed by atoms with Gasteiger partial charge < -0.3 is 29.9 Å². The van der Waals surface area contributed by atoms with E-state index >= 15 is 0 Å². The lowest BCUT2D eigenvalue weighted by Gasteiger charge is -2.72. The second-order valence-corrected chi connectivity index (χ2v) is 18.4. The van der Waals surface area contributed by atoms with Crippen LogP contribution >= 0.6 is 0 Å². The van der Waals surface area contributed by atoms with Gasteiger partial charge in [0.2, 0.25) is 0 Å². The van der Waals surface area contributed by atoms with Crippen LogP contribution in [0.3, 0.4) is 0 Å². The summed E-state index contributed by atoms with van der Waals surface area (Å²) in [7, 11) is 1.37. The molecule has 6 aliphatic rings. The molecule has 1 heterocycles. The van der Waals surface area contributed by atoms with Gasteiger partial charge in [0.25, 0.3) is 0 Å². The molecule has 0 radical (unpaired) electrons. The Hall–Kier alpha value is -1.56. The van der Waals surface area contributed by atoms with Crippen LogP contribution in [0.4, 0.5) is 0 Å². The van der Waals surface area contributed by atoms with Gasteiger partial charge in [0.1, 0.15) is 31.0 Å². The van der Waals surface area contributed by atoms with E-state index in [1.807, 2.05) is 0 Å². The maximum Gasteiger partial charge on any atom is 0.323 e. The summed E-state index contributed by atoms with van der Waals surface area (Å²) >= 11 is 0. The van der Waals surface area contributed by atoms with Crippen LogP contribution < -0.4 is 0 Å². The van der Waals surface area contributed by atoms with E-state index in [0.29, 0.717) is 17.8 Å². The van der Waals surface area contributed by atoms with Crippen molar-refractivity contribution in [3.05, 3.63) is 12.2 Å². The summed E-state index contributed by atoms with van der Waals surface area (Å²) in [6.45, 7) is 19.8. The highest BCUT2D eigenvalue weighted by atomic mass is 16.7. The molecule has 5 aliphatic carbocycles. The fourth-order valence-corrected chi connectivity index (χ4v) is 13.5. The number of ether oxygens (including phenoxy) is 2. The predicted molar refractivity (Wildman–Crippen MR) is 183 cm³/mol. The van der Waals surface area contributed by atoms with Gasteiger partial charge in [-0.3, -0.25) is 14.4 Å². The Kier molecular flexibility index (Phi) is 9.52. The first-order chi connectivity index (χ1) is 22.8. The van der Waals surface area contributed by atoms with Crippen molar-refractivity contribution in [1.82, 2.24) is 5.06 Å². The molecule has 5 saturated carbocycles. The van der Waals surface area contributed by atoms with Gasteiger partial charge in [-0.2, -0.15) is 0 Å². The zero-order chi connectivity index (χ0) is 36.1. The lowest BCUT2D eigenvalue weighted by Crippen LogP contribution is -2.67. The standard InChI is InChI=1S/C39H63NO9/c1-21(2)23-12-17-39(34(45)46)19-18-37(7)24(29(23)39)10-11-26-36(6)15-14-27(35(4,5)25(36)13-16-38(26,37)8)49-28(41)20-40(47-9)33-32(44)31(43)30(42)22(3)48-33/h22-27,29-33,42-44H,1,10-20H2,2-9H3,(H,45,46). The van der Waals surface area contributed by atoms with E-state index in [2.05, 4.69) is 48.1 Å². The number of fused-ring (bicyclic) bond motifs is 7. The van der Waals surface area contributed by atoms with Crippen LogP contribution in [0.2, 0.25) is 0 Å². The monoisotopic (exact) mass is 689 g/mol. The van der Waals surface area contributed by atoms with Crippen LogP contribution in [-0.4, -0.2) is 87.8 Å². The van der Waals surface area contributed by atoms with Crippen LogP contribution in [0.5, 0.6) is 0 Å². The Labute approximate surface area is 292 Å². The molecule has 6 rings (SSSR count). The zero-order valence-electron chi connectivity index (χ0n) is 31.1. The SMILES string of the molecule is C=C(C)C1CCC2(C(=O)O)CCC3(C)C(CCC4C5(C)CCC(OC(=O)CN(OC)C6OC(C)C(O)C(O)C6O)C(C)(C)C5CCC43C)C12. The Morgan fingerprint density at radius 2 is 1.55 bits per heavy atom. The number of hydrogen-bond donors (Lipinski definition) is 4. The van der Waals surface area contributed by atoms with Gasteiger partial charge in [-0.25, -0.2) is 0 Å². The molecule has 10 heteroatoms. The number of carboxylic acid groups (broad SMARTS) is 1. The number of esters is 1. The van der Waals surface area contributed by atoms with E-state index < -0.39 is 48.0 Å². The van der Waals surface area contributed by atoms with Crippen LogP contribution in [0.25, 0.3) is 0 Å². The lowest BCUT2D eigenvalue weighted by molar-refractivity contribution is -0.321. The van der Waals surface area contributed by atoms with E-state index in [4.69, 9.17) is 14.3 Å². The second kappa shape index (κ2) is 12.5. The summed E-state index contributed by atoms with van der Waals surface area (Å²) < 4.78 is 12.0. The first-order valence-electron chi connectivity index (χ1n) is 18.9. The number of aliphatic hydroxyl groups is 3. The zero-order valence-corrected chi connectivity index (χ0v) is 31.1. The molecule has 15 unspecified atom stereocenters. The molecule has 0 bridgehead atoms. The molecule has 4 N–H and O–H groups in total. The number of hydroxylamine groups is 2. The number of hydrogen-bond acceptors (Lipinski definition) is 9. The highest BCUT2D eigenvalue weighted by Gasteiger charge is 2.72. The summed E-state index contributed by atoms with van der Waals surface area (Å²) in [6.07, 6.45) is 3.06. The fraction of sp³-hybridized carbons (Fsp3) is 0.897. The van der Waals surface area contributed by atoms with Crippen LogP contribution in [0, 0.1) is 56.7 Å². The van der Waals surface area contributed by atoms with Crippen LogP contribution in [0.15, 0.2) is 12.2 Å². The van der Waals surface area contributed by atoms with Crippen molar-refractivity contribution in [1.29, 1.82) is 0 Å². The third-order valence-corrected chi connectivity index (χ3v) is 16.3. The Balaban J connectivity index is 1.19. The van der Waals surface area contributed by atoms with Gasteiger partial charge in [0.15, 0.2) is 6.23 Å². The number of aliphatic hydroxyl groups excluding tert-OH is 3. The van der Waals surface area contributed by atoms with E-state index in [1.54, 1.807) is 6.92 Å². The number of carboxylic acids is 1. The summed E-state index contributed by atoms with van der Waals surface area (Å²) in [5, 5.41) is 42.9. The largest absolute Gasteiger partial charge is 0.481 e. The predicted octanol–water partition coefficient (Wildman–Crippen LogP) is 5.33. The molecule has 0 aromatic carbocycles. The number of carbonyl (C=O) groups is 2. The van der Waals surface area contributed by atoms with Crippen molar-refractivity contribution in [2.45, 2.75) is 149 Å². The van der Waals surface area contributed by atoms with Gasteiger partial charge in [-0.15, -0.1) is 5.06 Å². The lowest BCUT2D eigenvalue weighted by atomic mass is 9.32. The number of aliphatic carboxylic acids is 1. The molecule has 15 atom stereocenters. The molecule has 278 valence electrons. The fourth-order valence-electron chi connectivity index (χ4n) is 13.5.